The minimum Gasteiger partial charge on any atom is -0.383 e. The van der Waals surface area contributed by atoms with E-state index in [9.17, 15) is 21.6 Å². The molecule has 0 saturated carbocycles. The SMILES string of the molecule is COCCn1c(=NS(=O)(=O)c2ccc(F)cc2)sc2cc(F)cc(F)c21. The van der Waals surface area contributed by atoms with Gasteiger partial charge in [0.25, 0.3) is 10.0 Å². The Morgan fingerprint density at radius 2 is 1.81 bits per heavy atom. The molecule has 0 unspecified atom stereocenters. The number of ether oxygens (including phenoxy) is 1. The molecule has 138 valence electrons. The van der Waals surface area contributed by atoms with E-state index in [-0.39, 0.29) is 33.1 Å². The van der Waals surface area contributed by atoms with Gasteiger partial charge < -0.3 is 9.30 Å². The fourth-order valence-electron chi connectivity index (χ4n) is 2.35. The van der Waals surface area contributed by atoms with Crippen molar-refractivity contribution in [1.82, 2.24) is 4.57 Å². The van der Waals surface area contributed by atoms with E-state index in [2.05, 4.69) is 4.40 Å². The smallest absolute Gasteiger partial charge is 0.285 e. The first-order valence-corrected chi connectivity index (χ1v) is 9.61. The minimum absolute atomic E-state index is 0.0362. The van der Waals surface area contributed by atoms with Gasteiger partial charge in [0.05, 0.1) is 21.7 Å². The molecule has 2 aromatic carbocycles. The Bertz CT molecular complexity index is 1120. The van der Waals surface area contributed by atoms with Crippen LogP contribution in [0.3, 0.4) is 0 Å². The lowest BCUT2D eigenvalue weighted by Crippen LogP contribution is -2.20. The second-order valence-electron chi connectivity index (χ2n) is 5.28. The molecule has 0 bridgehead atoms. The first kappa shape index (κ1) is 18.6. The van der Waals surface area contributed by atoms with Crippen molar-refractivity contribution in [2.24, 2.45) is 4.40 Å². The molecular weight excluding hydrogens is 389 g/mol. The van der Waals surface area contributed by atoms with Gasteiger partial charge in [-0.2, -0.15) is 8.42 Å². The van der Waals surface area contributed by atoms with E-state index in [4.69, 9.17) is 4.74 Å². The Morgan fingerprint density at radius 1 is 1.12 bits per heavy atom. The number of fused-ring (bicyclic) bond motifs is 1. The van der Waals surface area contributed by atoms with E-state index >= 15 is 0 Å². The molecule has 0 spiro atoms. The Balaban J connectivity index is 2.24. The highest BCUT2D eigenvalue weighted by Gasteiger charge is 2.17. The summed E-state index contributed by atoms with van der Waals surface area (Å²) >= 11 is 0.835. The third-order valence-electron chi connectivity index (χ3n) is 3.52. The summed E-state index contributed by atoms with van der Waals surface area (Å²) in [7, 11) is -2.72. The summed E-state index contributed by atoms with van der Waals surface area (Å²) in [6.45, 7) is 0.295. The van der Waals surface area contributed by atoms with Gasteiger partial charge in [-0.3, -0.25) is 0 Å². The Labute approximate surface area is 151 Å². The molecule has 0 saturated heterocycles. The molecule has 3 aromatic rings. The zero-order valence-electron chi connectivity index (χ0n) is 13.4. The summed E-state index contributed by atoms with van der Waals surface area (Å²) in [6, 6.07) is 6.00. The molecule has 1 aromatic heterocycles. The normalized spacial score (nSPS) is 12.8. The van der Waals surface area contributed by atoms with Crippen LogP contribution in [0.2, 0.25) is 0 Å². The van der Waals surface area contributed by atoms with Crippen molar-refractivity contribution < 1.29 is 26.3 Å². The molecule has 3 rings (SSSR count). The van der Waals surface area contributed by atoms with Crippen LogP contribution >= 0.6 is 11.3 Å². The molecule has 5 nitrogen and oxygen atoms in total. The van der Waals surface area contributed by atoms with Crippen LogP contribution in [-0.2, 0) is 21.3 Å². The number of halogens is 3. The molecule has 0 fully saturated rings. The topological polar surface area (TPSA) is 60.7 Å². The van der Waals surface area contributed by atoms with Gasteiger partial charge in [-0.05, 0) is 30.3 Å². The van der Waals surface area contributed by atoms with Gasteiger partial charge in [-0.15, -0.1) is 4.40 Å². The van der Waals surface area contributed by atoms with Crippen LogP contribution in [0.25, 0.3) is 10.2 Å². The maximum absolute atomic E-state index is 14.2. The third-order valence-corrected chi connectivity index (χ3v) is 5.95. The van der Waals surface area contributed by atoms with Crippen LogP contribution in [0.5, 0.6) is 0 Å². The molecule has 0 amide bonds. The molecular formula is C16H13F3N2O3S2. The highest BCUT2D eigenvalue weighted by molar-refractivity contribution is 7.90. The lowest BCUT2D eigenvalue weighted by atomic mass is 10.3. The predicted octanol–water partition coefficient (Wildman–Crippen LogP) is 3.06. The van der Waals surface area contributed by atoms with Crippen LogP contribution in [0.4, 0.5) is 13.2 Å². The first-order chi connectivity index (χ1) is 12.3. The predicted molar refractivity (Wildman–Crippen MR) is 90.8 cm³/mol. The van der Waals surface area contributed by atoms with Gasteiger partial charge in [-0.1, -0.05) is 11.3 Å². The average molecular weight is 402 g/mol. The molecule has 26 heavy (non-hydrogen) atoms. The van der Waals surface area contributed by atoms with E-state index in [1.807, 2.05) is 0 Å². The number of benzene rings is 2. The molecule has 0 N–H and O–H groups in total. The Kier molecular flexibility index (Phi) is 5.17. The van der Waals surface area contributed by atoms with Gasteiger partial charge in [-0.25, -0.2) is 13.2 Å². The number of nitrogens with zero attached hydrogens (tertiary/aromatic N) is 2. The van der Waals surface area contributed by atoms with Crippen molar-refractivity contribution in [1.29, 1.82) is 0 Å². The van der Waals surface area contributed by atoms with Crippen LogP contribution in [-0.4, -0.2) is 26.7 Å². The lowest BCUT2D eigenvalue weighted by Gasteiger charge is -2.05. The van der Waals surface area contributed by atoms with Gasteiger partial charge >= 0.3 is 0 Å². The first-order valence-electron chi connectivity index (χ1n) is 7.36. The third kappa shape index (κ3) is 3.67. The van der Waals surface area contributed by atoms with Crippen molar-refractivity contribution >= 4 is 31.6 Å². The van der Waals surface area contributed by atoms with Crippen molar-refractivity contribution in [3.8, 4) is 0 Å². The highest BCUT2D eigenvalue weighted by Crippen LogP contribution is 2.23. The number of rotatable bonds is 5. The number of hydrogen-bond donors (Lipinski definition) is 0. The maximum atomic E-state index is 14.2. The average Bonchev–Trinajstić information content (AvgIpc) is 2.89. The van der Waals surface area contributed by atoms with Crippen molar-refractivity contribution in [2.45, 2.75) is 11.4 Å². The molecule has 0 aliphatic carbocycles. The molecule has 10 heteroatoms. The number of sulfonamides is 1. The Hall–Kier alpha value is -2.17. The molecule has 0 aliphatic heterocycles. The van der Waals surface area contributed by atoms with Gasteiger partial charge in [0.2, 0.25) is 4.80 Å². The summed E-state index contributed by atoms with van der Waals surface area (Å²) < 4.78 is 75.9. The van der Waals surface area contributed by atoms with Gasteiger partial charge in [0.15, 0.2) is 5.82 Å². The Morgan fingerprint density at radius 3 is 2.46 bits per heavy atom. The van der Waals surface area contributed by atoms with E-state index in [0.29, 0.717) is 0 Å². The lowest BCUT2D eigenvalue weighted by molar-refractivity contribution is 0.187. The van der Waals surface area contributed by atoms with E-state index in [0.717, 1.165) is 47.7 Å². The second kappa shape index (κ2) is 7.22. The van der Waals surface area contributed by atoms with Crippen molar-refractivity contribution in [3.05, 3.63) is 58.7 Å². The van der Waals surface area contributed by atoms with Crippen LogP contribution in [0.15, 0.2) is 45.7 Å². The number of hydrogen-bond acceptors (Lipinski definition) is 4. The largest absolute Gasteiger partial charge is 0.383 e. The quantitative estimate of drug-likeness (QED) is 0.659. The monoisotopic (exact) mass is 402 g/mol. The molecule has 1 heterocycles. The summed E-state index contributed by atoms with van der Waals surface area (Å²) in [5, 5.41) is 0. The standard InChI is InChI=1S/C16H13F3N2O3S2/c1-24-7-6-21-15-13(19)8-11(18)9-14(15)25-16(21)20-26(22,23)12-4-2-10(17)3-5-12/h2-5,8-9H,6-7H2,1H3. The van der Waals surface area contributed by atoms with Crippen LogP contribution in [0, 0.1) is 17.5 Å². The zero-order valence-corrected chi connectivity index (χ0v) is 15.1. The fourth-order valence-corrected chi connectivity index (χ4v) is 4.65. The summed E-state index contributed by atoms with van der Waals surface area (Å²) in [6.07, 6.45) is 0. The summed E-state index contributed by atoms with van der Waals surface area (Å²) in [5.74, 6) is -2.19. The zero-order chi connectivity index (χ0) is 18.9. The van der Waals surface area contributed by atoms with Gasteiger partial charge in [0.1, 0.15) is 11.6 Å². The number of thiazole rings is 1. The van der Waals surface area contributed by atoms with E-state index in [1.54, 1.807) is 0 Å². The van der Waals surface area contributed by atoms with Gasteiger partial charge in [0, 0.05) is 19.7 Å². The summed E-state index contributed by atoms with van der Waals surface area (Å²) in [4.78, 5) is -0.243. The van der Waals surface area contributed by atoms with Crippen molar-refractivity contribution in [3.63, 3.8) is 0 Å². The van der Waals surface area contributed by atoms with E-state index in [1.165, 1.54) is 11.7 Å². The second-order valence-corrected chi connectivity index (χ2v) is 7.90. The van der Waals surface area contributed by atoms with E-state index < -0.39 is 27.5 Å². The minimum atomic E-state index is -4.16. The van der Waals surface area contributed by atoms with Crippen molar-refractivity contribution in [2.75, 3.05) is 13.7 Å². The summed E-state index contributed by atoms with van der Waals surface area (Å²) in [5.41, 5.74) is 0.0431. The molecule has 0 radical (unpaired) electrons. The van der Waals surface area contributed by atoms with Crippen LogP contribution in [0.1, 0.15) is 0 Å². The number of methoxy groups -OCH3 is 1. The molecule has 0 aliphatic rings. The fraction of sp³-hybridized carbons (Fsp3) is 0.188. The molecule has 0 atom stereocenters. The highest BCUT2D eigenvalue weighted by atomic mass is 32.2. The number of aromatic nitrogens is 1. The van der Waals surface area contributed by atoms with Crippen LogP contribution < -0.4 is 4.80 Å². The maximum Gasteiger partial charge on any atom is 0.285 e.